The molecule has 1 heterocycles. The molecule has 0 fully saturated rings. The summed E-state index contributed by atoms with van der Waals surface area (Å²) in [6, 6.07) is 6.74. The molecule has 5 nitrogen and oxygen atoms in total. The third kappa shape index (κ3) is 3.97. The number of nitrogens with two attached hydrogens (primary N) is 1. The van der Waals surface area contributed by atoms with Crippen molar-refractivity contribution in [2.45, 2.75) is 18.9 Å². The molecule has 19 heavy (non-hydrogen) atoms. The summed E-state index contributed by atoms with van der Waals surface area (Å²) in [7, 11) is 0. The quantitative estimate of drug-likeness (QED) is 0.842. The lowest BCUT2D eigenvalue weighted by molar-refractivity contribution is 0.349. The van der Waals surface area contributed by atoms with Gasteiger partial charge in [0.15, 0.2) is 5.82 Å². The maximum atomic E-state index is 9.21. The van der Waals surface area contributed by atoms with Gasteiger partial charge in [0.2, 0.25) is 5.89 Å². The highest BCUT2D eigenvalue weighted by molar-refractivity contribution is 7.98. The van der Waals surface area contributed by atoms with E-state index in [1.165, 1.54) is 0 Å². The molecule has 0 spiro atoms. The highest BCUT2D eigenvalue weighted by Gasteiger charge is 2.14. The van der Waals surface area contributed by atoms with Gasteiger partial charge in [0.25, 0.3) is 0 Å². The average Bonchev–Trinajstić information content (AvgIpc) is 2.87. The predicted molar refractivity (Wildman–Crippen MR) is 75.1 cm³/mol. The van der Waals surface area contributed by atoms with E-state index in [1.54, 1.807) is 23.9 Å². The zero-order valence-electron chi connectivity index (χ0n) is 10.7. The smallest absolute Gasteiger partial charge is 0.243 e. The molecule has 0 saturated heterocycles. The van der Waals surface area contributed by atoms with E-state index in [0.29, 0.717) is 18.1 Å². The summed E-state index contributed by atoms with van der Waals surface area (Å²) in [5.74, 6) is 2.32. The van der Waals surface area contributed by atoms with Crippen LogP contribution in [0.4, 0.5) is 0 Å². The fraction of sp³-hybridized carbons (Fsp3) is 0.385. The lowest BCUT2D eigenvalue weighted by Crippen LogP contribution is -2.11. The first-order valence-electron chi connectivity index (χ1n) is 6.04. The highest BCUT2D eigenvalue weighted by atomic mass is 32.2. The Bertz CT molecular complexity index is 513. The second kappa shape index (κ2) is 6.58. The Balaban J connectivity index is 1.98. The van der Waals surface area contributed by atoms with Crippen LogP contribution in [-0.2, 0) is 6.42 Å². The summed E-state index contributed by atoms with van der Waals surface area (Å²) in [6.07, 6.45) is 3.43. The number of thioether (sulfide) groups is 1. The van der Waals surface area contributed by atoms with E-state index in [0.717, 1.165) is 17.7 Å². The molecule has 2 aromatic rings. The molecular weight excluding hydrogens is 262 g/mol. The largest absolute Gasteiger partial charge is 0.508 e. The Morgan fingerprint density at radius 1 is 1.37 bits per heavy atom. The SMILES string of the molecule is CSCCC(N)c1nc(Cc2ccc(O)cc2)no1. The normalized spacial score (nSPS) is 12.5. The number of rotatable bonds is 6. The summed E-state index contributed by atoms with van der Waals surface area (Å²) < 4.78 is 5.17. The molecule has 0 bridgehead atoms. The van der Waals surface area contributed by atoms with Gasteiger partial charge in [-0.05, 0) is 36.1 Å². The average molecular weight is 279 g/mol. The number of aromatic hydroxyl groups is 1. The van der Waals surface area contributed by atoms with Crippen molar-refractivity contribution >= 4 is 11.8 Å². The fourth-order valence-electron chi connectivity index (χ4n) is 1.65. The van der Waals surface area contributed by atoms with E-state index >= 15 is 0 Å². The number of benzene rings is 1. The molecule has 1 unspecified atom stereocenters. The lowest BCUT2D eigenvalue weighted by Gasteiger charge is -2.03. The second-order valence-corrected chi connectivity index (χ2v) is 5.27. The number of hydrogen-bond donors (Lipinski definition) is 2. The molecule has 0 saturated carbocycles. The Kier molecular flexibility index (Phi) is 4.81. The number of nitrogens with zero attached hydrogens (tertiary/aromatic N) is 2. The van der Waals surface area contributed by atoms with Crippen LogP contribution >= 0.6 is 11.8 Å². The first-order chi connectivity index (χ1) is 9.19. The molecule has 0 amide bonds. The summed E-state index contributed by atoms with van der Waals surface area (Å²) in [4.78, 5) is 4.31. The molecule has 0 radical (unpaired) electrons. The Labute approximate surface area is 116 Å². The molecule has 1 atom stereocenters. The molecule has 1 aromatic carbocycles. The Hall–Kier alpha value is -1.53. The Morgan fingerprint density at radius 3 is 2.79 bits per heavy atom. The molecule has 6 heteroatoms. The van der Waals surface area contributed by atoms with Crippen molar-refractivity contribution in [1.82, 2.24) is 10.1 Å². The van der Waals surface area contributed by atoms with Gasteiger partial charge in [0.05, 0.1) is 6.04 Å². The van der Waals surface area contributed by atoms with Crippen LogP contribution < -0.4 is 5.73 Å². The number of aromatic nitrogens is 2. The van der Waals surface area contributed by atoms with Crippen LogP contribution in [0.15, 0.2) is 28.8 Å². The number of phenolic OH excluding ortho intramolecular Hbond substituents is 1. The van der Waals surface area contributed by atoms with E-state index in [2.05, 4.69) is 10.1 Å². The molecule has 2 rings (SSSR count). The monoisotopic (exact) mass is 279 g/mol. The van der Waals surface area contributed by atoms with Gasteiger partial charge < -0.3 is 15.4 Å². The zero-order valence-corrected chi connectivity index (χ0v) is 11.6. The molecule has 102 valence electrons. The van der Waals surface area contributed by atoms with Crippen LogP contribution in [0.25, 0.3) is 0 Å². The minimum atomic E-state index is -0.200. The Morgan fingerprint density at radius 2 is 2.11 bits per heavy atom. The van der Waals surface area contributed by atoms with E-state index < -0.39 is 0 Å². The predicted octanol–water partition coefficient (Wildman–Crippen LogP) is 2.12. The fourth-order valence-corrected chi connectivity index (χ4v) is 2.14. The standard InChI is InChI=1S/C13H17N3O2S/c1-19-7-6-11(14)13-15-12(16-18-13)8-9-2-4-10(17)5-3-9/h2-5,11,17H,6-8,14H2,1H3. The van der Waals surface area contributed by atoms with Crippen molar-refractivity contribution in [2.24, 2.45) is 5.73 Å². The van der Waals surface area contributed by atoms with Gasteiger partial charge in [0, 0.05) is 6.42 Å². The van der Waals surface area contributed by atoms with Gasteiger partial charge in [-0.3, -0.25) is 0 Å². The van der Waals surface area contributed by atoms with Crippen LogP contribution in [0.3, 0.4) is 0 Å². The van der Waals surface area contributed by atoms with Crippen LogP contribution in [0.1, 0.15) is 29.7 Å². The number of phenols is 1. The summed E-state index contributed by atoms with van der Waals surface area (Å²) >= 11 is 1.74. The van der Waals surface area contributed by atoms with Gasteiger partial charge in [0.1, 0.15) is 5.75 Å². The summed E-state index contributed by atoms with van der Waals surface area (Å²) in [5, 5.41) is 13.1. The summed E-state index contributed by atoms with van der Waals surface area (Å²) in [5.41, 5.74) is 6.98. The van der Waals surface area contributed by atoms with Crippen LogP contribution in [0.5, 0.6) is 5.75 Å². The van der Waals surface area contributed by atoms with Crippen molar-refractivity contribution in [3.05, 3.63) is 41.5 Å². The van der Waals surface area contributed by atoms with Gasteiger partial charge in [-0.25, -0.2) is 0 Å². The highest BCUT2D eigenvalue weighted by Crippen LogP contribution is 2.16. The van der Waals surface area contributed by atoms with Gasteiger partial charge in [-0.1, -0.05) is 17.3 Å². The van der Waals surface area contributed by atoms with Crippen LogP contribution in [-0.4, -0.2) is 27.3 Å². The van der Waals surface area contributed by atoms with Crippen molar-refractivity contribution in [3.8, 4) is 5.75 Å². The maximum Gasteiger partial charge on any atom is 0.243 e. The molecule has 0 aliphatic heterocycles. The number of hydrogen-bond acceptors (Lipinski definition) is 6. The minimum Gasteiger partial charge on any atom is -0.508 e. The lowest BCUT2D eigenvalue weighted by atomic mass is 10.1. The first kappa shape index (κ1) is 13.9. The zero-order chi connectivity index (χ0) is 13.7. The van der Waals surface area contributed by atoms with E-state index in [1.807, 2.05) is 18.4 Å². The van der Waals surface area contributed by atoms with Gasteiger partial charge in [-0.2, -0.15) is 16.7 Å². The van der Waals surface area contributed by atoms with E-state index in [9.17, 15) is 5.11 Å². The van der Waals surface area contributed by atoms with Crippen molar-refractivity contribution < 1.29 is 9.63 Å². The van der Waals surface area contributed by atoms with Crippen molar-refractivity contribution in [3.63, 3.8) is 0 Å². The molecule has 0 aliphatic rings. The molecule has 0 aliphatic carbocycles. The van der Waals surface area contributed by atoms with Gasteiger partial charge >= 0.3 is 0 Å². The minimum absolute atomic E-state index is 0.200. The third-order valence-corrected chi connectivity index (χ3v) is 3.38. The molecule has 3 N–H and O–H groups in total. The van der Waals surface area contributed by atoms with E-state index in [-0.39, 0.29) is 11.8 Å². The second-order valence-electron chi connectivity index (χ2n) is 4.28. The molecule has 1 aromatic heterocycles. The van der Waals surface area contributed by atoms with Gasteiger partial charge in [-0.15, -0.1) is 0 Å². The first-order valence-corrected chi connectivity index (χ1v) is 7.43. The topological polar surface area (TPSA) is 85.2 Å². The summed E-state index contributed by atoms with van der Waals surface area (Å²) in [6.45, 7) is 0. The molecular formula is C13H17N3O2S. The maximum absolute atomic E-state index is 9.21. The third-order valence-electron chi connectivity index (χ3n) is 2.73. The van der Waals surface area contributed by atoms with Crippen molar-refractivity contribution in [1.29, 1.82) is 0 Å². The van der Waals surface area contributed by atoms with E-state index in [4.69, 9.17) is 10.3 Å². The van der Waals surface area contributed by atoms with Crippen LogP contribution in [0, 0.1) is 0 Å². The van der Waals surface area contributed by atoms with Crippen LogP contribution in [0.2, 0.25) is 0 Å². The van der Waals surface area contributed by atoms with Crippen molar-refractivity contribution in [2.75, 3.05) is 12.0 Å².